The van der Waals surface area contributed by atoms with E-state index in [2.05, 4.69) is 0 Å². The summed E-state index contributed by atoms with van der Waals surface area (Å²) >= 11 is 0. The molecule has 0 heterocycles. The summed E-state index contributed by atoms with van der Waals surface area (Å²) in [5.41, 5.74) is 0. The van der Waals surface area contributed by atoms with E-state index in [0.717, 1.165) is 0 Å². The number of hydrogen-bond acceptors (Lipinski definition) is 1. The van der Waals surface area contributed by atoms with Crippen molar-refractivity contribution in [1.82, 2.24) is 0 Å². The molecule has 0 aliphatic carbocycles. The molecule has 0 amide bonds. The summed E-state index contributed by atoms with van der Waals surface area (Å²) < 4.78 is 39.7. The van der Waals surface area contributed by atoms with Gasteiger partial charge >= 0.3 is 6.18 Å². The van der Waals surface area contributed by atoms with Crippen LogP contribution in [0.4, 0.5) is 13.2 Å². The summed E-state index contributed by atoms with van der Waals surface area (Å²) in [6.07, 6.45) is -4.36. The van der Waals surface area contributed by atoms with Crippen molar-refractivity contribution in [3.05, 3.63) is 0 Å². The van der Waals surface area contributed by atoms with Gasteiger partial charge < -0.3 is 4.74 Å². The highest BCUT2D eigenvalue weighted by Crippen LogP contribution is 2.23. The van der Waals surface area contributed by atoms with E-state index < -0.39 is 12.6 Å². The van der Waals surface area contributed by atoms with Gasteiger partial charge in [-0.15, -0.1) is 0 Å². The first-order valence-corrected chi connectivity index (χ1v) is 3.59. The van der Waals surface area contributed by atoms with Crippen molar-refractivity contribution < 1.29 is 17.9 Å². The zero-order valence-electron chi connectivity index (χ0n) is 6.74. The van der Waals surface area contributed by atoms with Gasteiger partial charge in [0.05, 0.1) is 6.10 Å². The van der Waals surface area contributed by atoms with Crippen LogP contribution in [-0.4, -0.2) is 19.4 Å². The van der Waals surface area contributed by atoms with Gasteiger partial charge in [-0.25, -0.2) is 0 Å². The van der Waals surface area contributed by atoms with Crippen molar-refractivity contribution in [2.45, 2.75) is 38.5 Å². The van der Waals surface area contributed by atoms with Crippen LogP contribution >= 0.6 is 0 Å². The topological polar surface area (TPSA) is 9.23 Å². The summed E-state index contributed by atoms with van der Waals surface area (Å²) in [5, 5.41) is 0. The Kier molecular flexibility index (Phi) is 4.49. The number of hydrogen-bond donors (Lipinski definition) is 0. The molecule has 0 aliphatic rings. The monoisotopic (exact) mass is 170 g/mol. The standard InChI is InChI=1S/C7H13F3O/c1-3-6(11-2)4-5-7(8,9)10/h6H,3-5H2,1-2H3. The fraction of sp³-hybridized carbons (Fsp3) is 1.00. The number of alkyl halides is 3. The van der Waals surface area contributed by atoms with Gasteiger partial charge in [0.15, 0.2) is 0 Å². The molecule has 1 atom stereocenters. The van der Waals surface area contributed by atoms with Gasteiger partial charge in [0.1, 0.15) is 0 Å². The highest BCUT2D eigenvalue weighted by Gasteiger charge is 2.27. The summed E-state index contributed by atoms with van der Waals surface area (Å²) in [7, 11) is 1.44. The molecule has 0 fully saturated rings. The van der Waals surface area contributed by atoms with E-state index in [1.165, 1.54) is 7.11 Å². The zero-order chi connectivity index (χ0) is 8.91. The largest absolute Gasteiger partial charge is 0.389 e. The molecule has 0 spiro atoms. The van der Waals surface area contributed by atoms with Crippen LogP contribution in [0.15, 0.2) is 0 Å². The number of ether oxygens (including phenoxy) is 1. The minimum Gasteiger partial charge on any atom is -0.381 e. The Bertz CT molecular complexity index is 96.3. The first kappa shape index (κ1) is 10.8. The second-order valence-corrected chi connectivity index (χ2v) is 2.42. The molecular formula is C7H13F3O. The molecule has 0 saturated heterocycles. The third-order valence-corrected chi connectivity index (χ3v) is 1.54. The average Bonchev–Trinajstić information content (AvgIpc) is 1.88. The Morgan fingerprint density at radius 2 is 1.91 bits per heavy atom. The van der Waals surface area contributed by atoms with Gasteiger partial charge in [-0.3, -0.25) is 0 Å². The lowest BCUT2D eigenvalue weighted by Gasteiger charge is -2.13. The van der Waals surface area contributed by atoms with E-state index in [4.69, 9.17) is 4.74 Å². The lowest BCUT2D eigenvalue weighted by atomic mass is 10.1. The normalized spacial score (nSPS) is 15.0. The minimum absolute atomic E-state index is 0.0660. The maximum Gasteiger partial charge on any atom is 0.389 e. The first-order chi connectivity index (χ1) is 4.99. The second-order valence-electron chi connectivity index (χ2n) is 2.42. The molecule has 0 N–H and O–H groups in total. The summed E-state index contributed by atoms with van der Waals surface area (Å²) in [6.45, 7) is 1.81. The lowest BCUT2D eigenvalue weighted by Crippen LogP contribution is -2.15. The van der Waals surface area contributed by atoms with Crippen LogP contribution in [0.3, 0.4) is 0 Å². The van der Waals surface area contributed by atoms with E-state index in [0.29, 0.717) is 6.42 Å². The zero-order valence-corrected chi connectivity index (χ0v) is 6.74. The second kappa shape index (κ2) is 4.59. The Morgan fingerprint density at radius 3 is 2.18 bits per heavy atom. The molecule has 1 nitrogen and oxygen atoms in total. The van der Waals surface area contributed by atoms with Crippen LogP contribution in [-0.2, 0) is 4.74 Å². The molecule has 0 aromatic rings. The maximum absolute atomic E-state index is 11.6. The number of methoxy groups -OCH3 is 1. The predicted octanol–water partition coefficient (Wildman–Crippen LogP) is 2.75. The minimum atomic E-state index is -4.05. The van der Waals surface area contributed by atoms with Crippen LogP contribution < -0.4 is 0 Å². The molecule has 1 unspecified atom stereocenters. The highest BCUT2D eigenvalue weighted by molar-refractivity contribution is 4.58. The van der Waals surface area contributed by atoms with E-state index >= 15 is 0 Å². The van der Waals surface area contributed by atoms with Crippen molar-refractivity contribution in [3.8, 4) is 0 Å². The van der Waals surface area contributed by atoms with Crippen LogP contribution in [0.5, 0.6) is 0 Å². The molecule has 4 heteroatoms. The Balaban J connectivity index is 3.51. The van der Waals surface area contributed by atoms with Gasteiger partial charge in [0.25, 0.3) is 0 Å². The van der Waals surface area contributed by atoms with Crippen molar-refractivity contribution in [1.29, 1.82) is 0 Å². The quantitative estimate of drug-likeness (QED) is 0.630. The van der Waals surface area contributed by atoms with Crippen LogP contribution in [0.1, 0.15) is 26.2 Å². The molecule has 0 radical (unpaired) electrons. The lowest BCUT2D eigenvalue weighted by molar-refractivity contribution is -0.141. The van der Waals surface area contributed by atoms with E-state index in [1.807, 2.05) is 6.92 Å². The molecule has 68 valence electrons. The molecule has 0 aromatic carbocycles. The van der Waals surface area contributed by atoms with Gasteiger partial charge in [-0.1, -0.05) is 6.92 Å². The maximum atomic E-state index is 11.6. The fourth-order valence-corrected chi connectivity index (χ4v) is 0.813. The molecule has 0 aliphatic heterocycles. The number of rotatable bonds is 4. The first-order valence-electron chi connectivity index (χ1n) is 3.59. The SMILES string of the molecule is CCC(CCC(F)(F)F)OC. The van der Waals surface area contributed by atoms with Gasteiger partial charge in [-0.05, 0) is 12.8 Å². The highest BCUT2D eigenvalue weighted by atomic mass is 19.4. The molecule has 11 heavy (non-hydrogen) atoms. The summed E-state index contributed by atoms with van der Waals surface area (Å²) in [4.78, 5) is 0. The van der Waals surface area contributed by atoms with Crippen molar-refractivity contribution in [2.75, 3.05) is 7.11 Å². The summed E-state index contributed by atoms with van der Waals surface area (Å²) in [6, 6.07) is 0. The smallest absolute Gasteiger partial charge is 0.381 e. The Morgan fingerprint density at radius 1 is 1.36 bits per heavy atom. The van der Waals surface area contributed by atoms with Crippen molar-refractivity contribution >= 4 is 0 Å². The third kappa shape index (κ3) is 6.16. The molecular weight excluding hydrogens is 157 g/mol. The molecule has 0 aromatic heterocycles. The van der Waals surface area contributed by atoms with Crippen LogP contribution in [0.25, 0.3) is 0 Å². The van der Waals surface area contributed by atoms with Crippen molar-refractivity contribution in [3.63, 3.8) is 0 Å². The van der Waals surface area contributed by atoms with Crippen LogP contribution in [0, 0.1) is 0 Å². The van der Waals surface area contributed by atoms with E-state index in [1.54, 1.807) is 0 Å². The van der Waals surface area contributed by atoms with E-state index in [-0.39, 0.29) is 12.5 Å². The average molecular weight is 170 g/mol. The summed E-state index contributed by atoms with van der Waals surface area (Å²) in [5.74, 6) is 0. The van der Waals surface area contributed by atoms with Crippen molar-refractivity contribution in [2.24, 2.45) is 0 Å². The number of halogens is 3. The van der Waals surface area contributed by atoms with Gasteiger partial charge in [-0.2, -0.15) is 13.2 Å². The Labute approximate surface area is 64.5 Å². The third-order valence-electron chi connectivity index (χ3n) is 1.54. The Hall–Kier alpha value is -0.250. The molecule has 0 bridgehead atoms. The van der Waals surface area contributed by atoms with E-state index in [9.17, 15) is 13.2 Å². The van der Waals surface area contributed by atoms with Gasteiger partial charge in [0.2, 0.25) is 0 Å². The molecule has 0 rings (SSSR count). The fourth-order valence-electron chi connectivity index (χ4n) is 0.813. The molecule has 0 saturated carbocycles. The van der Waals surface area contributed by atoms with Gasteiger partial charge in [0, 0.05) is 13.5 Å². The van der Waals surface area contributed by atoms with Crippen LogP contribution in [0.2, 0.25) is 0 Å². The predicted molar refractivity (Wildman–Crippen MR) is 36.4 cm³/mol.